The summed E-state index contributed by atoms with van der Waals surface area (Å²) in [7, 11) is 0. The highest BCUT2D eigenvalue weighted by atomic mass is 127. The SMILES string of the molecule is CCn1ncc(Br)c1C(=O)c1ccc(F)cc1I. The van der Waals surface area contributed by atoms with Crippen LogP contribution in [0.1, 0.15) is 23.0 Å². The van der Waals surface area contributed by atoms with Crippen LogP contribution in [0.4, 0.5) is 4.39 Å². The summed E-state index contributed by atoms with van der Waals surface area (Å²) in [5.74, 6) is -0.510. The second-order valence-electron chi connectivity index (χ2n) is 3.61. The van der Waals surface area contributed by atoms with Crippen LogP contribution in [0.5, 0.6) is 0 Å². The Kier molecular flexibility index (Phi) is 4.16. The van der Waals surface area contributed by atoms with Gasteiger partial charge in [-0.2, -0.15) is 5.10 Å². The lowest BCUT2D eigenvalue weighted by molar-refractivity contribution is 0.102. The molecule has 0 N–H and O–H groups in total. The molecular formula is C12H9BrFIN2O. The van der Waals surface area contributed by atoms with Crippen molar-refractivity contribution in [1.29, 1.82) is 0 Å². The Morgan fingerprint density at radius 2 is 2.28 bits per heavy atom. The van der Waals surface area contributed by atoms with Crippen LogP contribution in [0.2, 0.25) is 0 Å². The summed E-state index contributed by atoms with van der Waals surface area (Å²) in [5.41, 5.74) is 0.968. The molecule has 0 aliphatic heterocycles. The van der Waals surface area contributed by atoms with Gasteiger partial charge in [0.1, 0.15) is 11.5 Å². The Morgan fingerprint density at radius 1 is 1.56 bits per heavy atom. The summed E-state index contributed by atoms with van der Waals surface area (Å²) in [6, 6.07) is 4.13. The summed E-state index contributed by atoms with van der Waals surface area (Å²) < 4.78 is 15.9. The minimum atomic E-state index is -0.348. The van der Waals surface area contributed by atoms with Gasteiger partial charge in [-0.3, -0.25) is 9.48 Å². The van der Waals surface area contributed by atoms with E-state index in [9.17, 15) is 9.18 Å². The highest BCUT2D eigenvalue weighted by molar-refractivity contribution is 14.1. The minimum Gasteiger partial charge on any atom is -0.287 e. The molecule has 94 valence electrons. The van der Waals surface area contributed by atoms with Crippen LogP contribution >= 0.6 is 38.5 Å². The monoisotopic (exact) mass is 422 g/mol. The predicted octanol–water partition coefficient (Wildman–Crippen LogP) is 3.64. The molecule has 0 fully saturated rings. The number of halogens is 3. The highest BCUT2D eigenvalue weighted by Gasteiger charge is 2.20. The topological polar surface area (TPSA) is 34.9 Å². The lowest BCUT2D eigenvalue weighted by atomic mass is 10.1. The molecule has 1 aromatic heterocycles. The maximum atomic E-state index is 13.0. The molecule has 0 amide bonds. The minimum absolute atomic E-state index is 0.161. The Labute approximate surface area is 126 Å². The third kappa shape index (κ3) is 2.49. The Morgan fingerprint density at radius 3 is 2.89 bits per heavy atom. The number of carbonyl (C=O) groups excluding carboxylic acids is 1. The van der Waals surface area contributed by atoms with Gasteiger partial charge in [-0.25, -0.2) is 4.39 Å². The van der Waals surface area contributed by atoms with Gasteiger partial charge < -0.3 is 0 Å². The fourth-order valence-corrected chi connectivity index (χ4v) is 2.83. The van der Waals surface area contributed by atoms with Crippen molar-refractivity contribution in [3.63, 3.8) is 0 Å². The van der Waals surface area contributed by atoms with E-state index in [-0.39, 0.29) is 11.6 Å². The van der Waals surface area contributed by atoms with E-state index in [1.54, 1.807) is 10.9 Å². The van der Waals surface area contributed by atoms with Crippen molar-refractivity contribution in [3.8, 4) is 0 Å². The van der Waals surface area contributed by atoms with Crippen molar-refractivity contribution in [2.24, 2.45) is 0 Å². The number of carbonyl (C=O) groups is 1. The Bertz CT molecular complexity index is 612. The molecule has 6 heteroatoms. The predicted molar refractivity (Wildman–Crippen MR) is 78.2 cm³/mol. The molecule has 0 spiro atoms. The summed E-state index contributed by atoms with van der Waals surface area (Å²) in [6.07, 6.45) is 1.59. The van der Waals surface area contributed by atoms with Crippen LogP contribution in [0.25, 0.3) is 0 Å². The molecule has 0 bridgehead atoms. The average Bonchev–Trinajstić information content (AvgIpc) is 2.69. The quantitative estimate of drug-likeness (QED) is 0.559. The first kappa shape index (κ1) is 13.7. The number of rotatable bonds is 3. The number of hydrogen-bond donors (Lipinski definition) is 0. The number of aryl methyl sites for hydroxylation is 1. The lowest BCUT2D eigenvalue weighted by Gasteiger charge is -2.06. The van der Waals surface area contributed by atoms with Crippen molar-refractivity contribution in [2.45, 2.75) is 13.5 Å². The van der Waals surface area contributed by atoms with Crippen LogP contribution in [0, 0.1) is 9.39 Å². The molecule has 0 saturated carbocycles. The molecule has 0 unspecified atom stereocenters. The number of ketones is 1. The Balaban J connectivity index is 2.51. The summed E-state index contributed by atoms with van der Waals surface area (Å²) in [5, 5.41) is 4.10. The van der Waals surface area contributed by atoms with E-state index in [1.165, 1.54) is 18.2 Å². The first-order valence-electron chi connectivity index (χ1n) is 5.25. The largest absolute Gasteiger partial charge is 0.287 e. The van der Waals surface area contributed by atoms with Crippen molar-refractivity contribution in [1.82, 2.24) is 9.78 Å². The van der Waals surface area contributed by atoms with Gasteiger partial charge in [-0.05, 0) is 63.6 Å². The van der Waals surface area contributed by atoms with Crippen LogP contribution in [-0.2, 0) is 6.54 Å². The van der Waals surface area contributed by atoms with Gasteiger partial charge >= 0.3 is 0 Å². The van der Waals surface area contributed by atoms with E-state index in [0.717, 1.165) is 0 Å². The van der Waals surface area contributed by atoms with E-state index >= 15 is 0 Å². The van der Waals surface area contributed by atoms with Crippen LogP contribution in [0.3, 0.4) is 0 Å². The fraction of sp³-hybridized carbons (Fsp3) is 0.167. The second-order valence-corrected chi connectivity index (χ2v) is 5.63. The normalized spacial score (nSPS) is 10.7. The standard InChI is InChI=1S/C12H9BrFIN2O/c1-2-17-11(9(13)6-16-17)12(18)8-4-3-7(14)5-10(8)15/h3-6H,2H2,1H3. The molecule has 0 saturated heterocycles. The molecule has 1 heterocycles. The number of nitrogens with zero attached hydrogens (tertiary/aromatic N) is 2. The van der Waals surface area contributed by atoms with Gasteiger partial charge in [0.2, 0.25) is 5.78 Å². The molecule has 0 radical (unpaired) electrons. The average molecular weight is 423 g/mol. The molecule has 0 atom stereocenters. The molecule has 2 rings (SSSR count). The zero-order valence-corrected chi connectivity index (χ0v) is 13.2. The van der Waals surface area contributed by atoms with E-state index in [4.69, 9.17) is 0 Å². The third-order valence-electron chi connectivity index (χ3n) is 2.49. The van der Waals surface area contributed by atoms with Crippen molar-refractivity contribution in [2.75, 3.05) is 0 Å². The molecular weight excluding hydrogens is 414 g/mol. The lowest BCUT2D eigenvalue weighted by Crippen LogP contribution is -2.12. The molecule has 3 nitrogen and oxygen atoms in total. The first-order valence-corrected chi connectivity index (χ1v) is 7.12. The van der Waals surface area contributed by atoms with Gasteiger partial charge in [0.15, 0.2) is 0 Å². The van der Waals surface area contributed by atoms with Crippen molar-refractivity contribution >= 4 is 44.3 Å². The second kappa shape index (κ2) is 5.48. The van der Waals surface area contributed by atoms with Crippen molar-refractivity contribution in [3.05, 3.63) is 49.5 Å². The number of benzene rings is 1. The maximum absolute atomic E-state index is 13.0. The van der Waals surface area contributed by atoms with Crippen LogP contribution in [-0.4, -0.2) is 15.6 Å². The van der Waals surface area contributed by atoms with E-state index in [2.05, 4.69) is 21.0 Å². The molecule has 0 aliphatic rings. The number of aromatic nitrogens is 2. The Hall–Kier alpha value is -0.760. The smallest absolute Gasteiger partial charge is 0.213 e. The van der Waals surface area contributed by atoms with E-state index in [1.807, 2.05) is 29.5 Å². The maximum Gasteiger partial charge on any atom is 0.213 e. The van der Waals surface area contributed by atoms with Gasteiger partial charge in [-0.1, -0.05) is 0 Å². The summed E-state index contributed by atoms with van der Waals surface area (Å²) in [6.45, 7) is 2.51. The van der Waals surface area contributed by atoms with Crippen molar-refractivity contribution < 1.29 is 9.18 Å². The van der Waals surface area contributed by atoms with Gasteiger partial charge in [0.25, 0.3) is 0 Å². The molecule has 18 heavy (non-hydrogen) atoms. The third-order valence-corrected chi connectivity index (χ3v) is 3.96. The molecule has 2 aromatic rings. The van der Waals surface area contributed by atoms with E-state index in [0.29, 0.717) is 25.8 Å². The van der Waals surface area contributed by atoms with Crippen LogP contribution < -0.4 is 0 Å². The van der Waals surface area contributed by atoms with Gasteiger partial charge in [0.05, 0.1) is 10.7 Å². The summed E-state index contributed by atoms with van der Waals surface area (Å²) in [4.78, 5) is 12.4. The zero-order valence-electron chi connectivity index (χ0n) is 9.45. The van der Waals surface area contributed by atoms with Crippen LogP contribution in [0.15, 0.2) is 28.9 Å². The fourth-order valence-electron chi connectivity index (χ4n) is 1.63. The highest BCUT2D eigenvalue weighted by Crippen LogP contribution is 2.23. The van der Waals surface area contributed by atoms with Gasteiger partial charge in [0, 0.05) is 15.7 Å². The summed E-state index contributed by atoms with van der Waals surface area (Å²) >= 11 is 5.27. The molecule has 1 aromatic carbocycles. The zero-order chi connectivity index (χ0) is 13.3. The van der Waals surface area contributed by atoms with E-state index < -0.39 is 0 Å². The molecule has 0 aliphatic carbocycles. The first-order chi connectivity index (χ1) is 8.54. The number of hydrogen-bond acceptors (Lipinski definition) is 2. The van der Waals surface area contributed by atoms with Gasteiger partial charge in [-0.15, -0.1) is 0 Å².